The molecular weight excluding hydrogens is 540 g/mol. The van der Waals surface area contributed by atoms with Crippen molar-refractivity contribution < 1.29 is 32.0 Å². The van der Waals surface area contributed by atoms with Gasteiger partial charge in [0.1, 0.15) is 5.00 Å². The Morgan fingerprint density at radius 3 is 2.35 bits per heavy atom. The number of esters is 1. The third-order valence-electron chi connectivity index (χ3n) is 5.29. The summed E-state index contributed by atoms with van der Waals surface area (Å²) in [4.78, 5) is 37.1. The van der Waals surface area contributed by atoms with Crippen molar-refractivity contribution >= 4 is 55.8 Å². The van der Waals surface area contributed by atoms with E-state index in [0.717, 1.165) is 23.1 Å². The Morgan fingerprint density at radius 1 is 1.14 bits per heavy atom. The standard InChI is InChI=1S/C23H26N4O7S3/c1-6-27(7-2)37(31,32)16-10-8-15(9-11-16)20-25-26-23(34-20)35-12-17(29)24-21-18(22(30)33-5)13(3)19(36-21)14(4)28/h8-11H,6-7,12H2,1-5H3,(H,24,29). The number of benzene rings is 1. The van der Waals surface area contributed by atoms with E-state index in [1.807, 2.05) is 0 Å². The summed E-state index contributed by atoms with van der Waals surface area (Å²) in [6, 6.07) is 6.10. The number of methoxy groups -OCH3 is 1. The molecule has 0 fully saturated rings. The summed E-state index contributed by atoms with van der Waals surface area (Å²) in [7, 11) is -2.36. The van der Waals surface area contributed by atoms with Crippen LogP contribution in [0.3, 0.4) is 0 Å². The first-order chi connectivity index (χ1) is 17.5. The summed E-state index contributed by atoms with van der Waals surface area (Å²) >= 11 is 1.99. The highest BCUT2D eigenvalue weighted by Crippen LogP contribution is 2.34. The first-order valence-corrected chi connectivity index (χ1v) is 14.4. The van der Waals surface area contributed by atoms with E-state index in [4.69, 9.17) is 9.15 Å². The number of hydrogen-bond donors (Lipinski definition) is 1. The highest BCUT2D eigenvalue weighted by molar-refractivity contribution is 7.99. The van der Waals surface area contributed by atoms with Crippen LogP contribution in [0.2, 0.25) is 0 Å². The molecule has 1 aromatic carbocycles. The second kappa shape index (κ2) is 12.0. The molecule has 1 amide bonds. The zero-order chi connectivity index (χ0) is 27.3. The Labute approximate surface area is 222 Å². The topological polar surface area (TPSA) is 149 Å². The zero-order valence-electron chi connectivity index (χ0n) is 20.9. The molecule has 198 valence electrons. The van der Waals surface area contributed by atoms with E-state index in [1.165, 1.54) is 30.5 Å². The highest BCUT2D eigenvalue weighted by atomic mass is 32.2. The predicted molar refractivity (Wildman–Crippen MR) is 140 cm³/mol. The Kier molecular flexibility index (Phi) is 9.23. The fourth-order valence-electron chi connectivity index (χ4n) is 3.44. The van der Waals surface area contributed by atoms with E-state index < -0.39 is 21.9 Å². The van der Waals surface area contributed by atoms with E-state index in [9.17, 15) is 22.8 Å². The lowest BCUT2D eigenvalue weighted by molar-refractivity contribution is -0.113. The van der Waals surface area contributed by atoms with Gasteiger partial charge in [-0.3, -0.25) is 9.59 Å². The van der Waals surface area contributed by atoms with Crippen LogP contribution in [0.5, 0.6) is 0 Å². The molecule has 0 radical (unpaired) electrons. The second-order valence-electron chi connectivity index (χ2n) is 7.63. The molecule has 0 unspecified atom stereocenters. The molecule has 11 nitrogen and oxygen atoms in total. The first-order valence-electron chi connectivity index (χ1n) is 11.1. The van der Waals surface area contributed by atoms with Crippen LogP contribution in [0.15, 0.2) is 38.8 Å². The van der Waals surface area contributed by atoms with Crippen LogP contribution in [-0.2, 0) is 19.6 Å². The quantitative estimate of drug-likeness (QED) is 0.206. The van der Waals surface area contributed by atoms with Crippen LogP contribution in [-0.4, -0.2) is 66.5 Å². The smallest absolute Gasteiger partial charge is 0.341 e. The number of ketones is 1. The first kappa shape index (κ1) is 28.5. The second-order valence-corrected chi connectivity index (χ2v) is 11.5. The van der Waals surface area contributed by atoms with Crippen LogP contribution in [0.25, 0.3) is 11.5 Å². The van der Waals surface area contributed by atoms with Crippen molar-refractivity contribution in [2.45, 2.75) is 37.8 Å². The van der Waals surface area contributed by atoms with Gasteiger partial charge in [0.2, 0.25) is 21.8 Å². The van der Waals surface area contributed by atoms with Crippen LogP contribution >= 0.6 is 23.1 Å². The molecule has 0 saturated carbocycles. The highest BCUT2D eigenvalue weighted by Gasteiger charge is 2.25. The van der Waals surface area contributed by atoms with E-state index >= 15 is 0 Å². The SMILES string of the molecule is CCN(CC)S(=O)(=O)c1ccc(-c2nnc(SCC(=O)Nc3sc(C(C)=O)c(C)c3C(=O)OC)o2)cc1. The fourth-order valence-corrected chi connectivity index (χ4v) is 6.57. The predicted octanol–water partition coefficient (Wildman–Crippen LogP) is 3.86. The summed E-state index contributed by atoms with van der Waals surface area (Å²) in [6.45, 7) is 7.28. The molecule has 0 saturated heterocycles. The molecule has 3 aromatic rings. The summed E-state index contributed by atoms with van der Waals surface area (Å²) < 4.78 is 37.0. The normalized spacial score (nSPS) is 11.5. The summed E-state index contributed by atoms with van der Waals surface area (Å²) in [6.07, 6.45) is 0. The van der Waals surface area contributed by atoms with Gasteiger partial charge in [0.15, 0.2) is 5.78 Å². The van der Waals surface area contributed by atoms with Gasteiger partial charge in [0.05, 0.1) is 28.2 Å². The molecule has 14 heteroatoms. The number of amides is 1. The van der Waals surface area contributed by atoms with Crippen LogP contribution in [0.1, 0.15) is 46.4 Å². The Balaban J connectivity index is 1.68. The summed E-state index contributed by atoms with van der Waals surface area (Å²) in [5.41, 5.74) is 1.11. The number of carbonyl (C=O) groups excluding carboxylic acids is 3. The van der Waals surface area contributed by atoms with Crippen molar-refractivity contribution in [3.05, 3.63) is 40.3 Å². The van der Waals surface area contributed by atoms with E-state index in [0.29, 0.717) is 29.1 Å². The van der Waals surface area contributed by atoms with Crippen LogP contribution in [0.4, 0.5) is 5.00 Å². The molecular formula is C23H26N4O7S3. The number of Topliss-reactive ketones (excluding diaryl/α,β-unsaturated/α-hetero) is 1. The lowest BCUT2D eigenvalue weighted by Crippen LogP contribution is -2.30. The van der Waals surface area contributed by atoms with E-state index in [2.05, 4.69) is 15.5 Å². The van der Waals surface area contributed by atoms with E-state index in [1.54, 1.807) is 32.9 Å². The summed E-state index contributed by atoms with van der Waals surface area (Å²) in [5, 5.41) is 10.9. The number of thioether (sulfide) groups is 1. The number of thiophene rings is 1. The Bertz CT molecular complexity index is 1410. The molecule has 0 atom stereocenters. The van der Waals surface area contributed by atoms with Gasteiger partial charge in [0.25, 0.3) is 5.22 Å². The number of hydrogen-bond acceptors (Lipinski definition) is 11. The van der Waals surface area contributed by atoms with Gasteiger partial charge in [-0.1, -0.05) is 25.6 Å². The number of nitrogens with one attached hydrogen (secondary N) is 1. The average molecular weight is 567 g/mol. The van der Waals surface area contributed by atoms with Crippen molar-refractivity contribution in [2.75, 3.05) is 31.3 Å². The largest absolute Gasteiger partial charge is 0.465 e. The molecule has 2 aromatic heterocycles. The monoisotopic (exact) mass is 566 g/mol. The van der Waals surface area contributed by atoms with Gasteiger partial charge in [-0.15, -0.1) is 21.5 Å². The minimum atomic E-state index is -3.58. The molecule has 0 bridgehead atoms. The lowest BCUT2D eigenvalue weighted by atomic mass is 10.1. The maximum Gasteiger partial charge on any atom is 0.341 e. The molecule has 0 aliphatic carbocycles. The molecule has 37 heavy (non-hydrogen) atoms. The van der Waals surface area contributed by atoms with Crippen LogP contribution in [0, 0.1) is 6.92 Å². The number of carbonyl (C=O) groups is 3. The van der Waals surface area contributed by atoms with Crippen molar-refractivity contribution in [1.29, 1.82) is 0 Å². The number of aromatic nitrogens is 2. The van der Waals surface area contributed by atoms with E-state index in [-0.39, 0.29) is 38.1 Å². The third-order valence-corrected chi connectivity index (χ3v) is 9.48. The number of nitrogens with zero attached hydrogens (tertiary/aromatic N) is 3. The third kappa shape index (κ3) is 6.26. The number of rotatable bonds is 11. The molecule has 0 aliphatic heterocycles. The Hall–Kier alpha value is -3.07. The van der Waals surface area contributed by atoms with Gasteiger partial charge < -0.3 is 14.5 Å². The molecule has 2 heterocycles. The minimum absolute atomic E-state index is 0.102. The summed E-state index contributed by atoms with van der Waals surface area (Å²) in [5.74, 6) is -1.25. The number of anilines is 1. The lowest BCUT2D eigenvalue weighted by Gasteiger charge is -2.18. The molecule has 0 spiro atoms. The number of ether oxygens (including phenoxy) is 1. The maximum atomic E-state index is 12.6. The van der Waals surface area contributed by atoms with Crippen molar-refractivity contribution in [3.8, 4) is 11.5 Å². The maximum absolute atomic E-state index is 12.6. The van der Waals surface area contributed by atoms with Crippen molar-refractivity contribution in [3.63, 3.8) is 0 Å². The van der Waals surface area contributed by atoms with Gasteiger partial charge in [0, 0.05) is 18.7 Å². The number of sulfonamides is 1. The fraction of sp³-hybridized carbons (Fsp3) is 0.348. The Morgan fingerprint density at radius 2 is 1.78 bits per heavy atom. The van der Waals surface area contributed by atoms with Gasteiger partial charge in [-0.25, -0.2) is 13.2 Å². The molecule has 0 aliphatic rings. The van der Waals surface area contributed by atoms with Gasteiger partial charge >= 0.3 is 5.97 Å². The van der Waals surface area contributed by atoms with Crippen LogP contribution < -0.4 is 5.32 Å². The molecule has 1 N–H and O–H groups in total. The zero-order valence-corrected chi connectivity index (χ0v) is 23.3. The van der Waals surface area contributed by atoms with Gasteiger partial charge in [-0.2, -0.15) is 4.31 Å². The average Bonchev–Trinajstić information content (AvgIpc) is 3.47. The van der Waals surface area contributed by atoms with Crippen molar-refractivity contribution in [2.24, 2.45) is 0 Å². The molecule has 3 rings (SSSR count). The minimum Gasteiger partial charge on any atom is -0.465 e. The van der Waals surface area contributed by atoms with Crippen molar-refractivity contribution in [1.82, 2.24) is 14.5 Å². The van der Waals surface area contributed by atoms with Gasteiger partial charge in [-0.05, 0) is 43.7 Å².